The Labute approximate surface area is 127 Å². The molecule has 1 aliphatic carbocycles. The second-order valence-corrected chi connectivity index (χ2v) is 6.69. The molecule has 0 atom stereocenters. The van der Waals surface area contributed by atoms with E-state index in [2.05, 4.69) is 51.0 Å². The van der Waals surface area contributed by atoms with Crippen molar-refractivity contribution in [1.82, 2.24) is 15.2 Å². The maximum absolute atomic E-state index is 4.64. The van der Waals surface area contributed by atoms with Crippen LogP contribution in [-0.4, -0.2) is 15.2 Å². The lowest BCUT2D eigenvalue weighted by atomic mass is 10.0. The minimum absolute atomic E-state index is 0.655. The quantitative estimate of drug-likeness (QED) is 0.735. The number of hydrogen-bond acceptors (Lipinski definition) is 4. The van der Waals surface area contributed by atoms with Crippen molar-refractivity contribution in [2.24, 2.45) is 0 Å². The number of aromatic amines is 1. The molecule has 0 saturated heterocycles. The summed E-state index contributed by atoms with van der Waals surface area (Å²) in [5.41, 5.74) is 3.56. The van der Waals surface area contributed by atoms with Crippen molar-refractivity contribution in [2.45, 2.75) is 38.5 Å². The van der Waals surface area contributed by atoms with Gasteiger partial charge in [0.25, 0.3) is 0 Å². The van der Waals surface area contributed by atoms with E-state index < -0.39 is 0 Å². The van der Waals surface area contributed by atoms with Crippen molar-refractivity contribution in [3.63, 3.8) is 0 Å². The van der Waals surface area contributed by atoms with E-state index in [1.807, 2.05) is 0 Å². The molecular weight excluding hydrogens is 280 g/mol. The zero-order valence-electron chi connectivity index (χ0n) is 12.0. The third-order valence-electron chi connectivity index (χ3n) is 4.25. The van der Waals surface area contributed by atoms with E-state index >= 15 is 0 Å². The molecule has 0 radical (unpaired) electrons. The highest BCUT2D eigenvalue weighted by molar-refractivity contribution is 7.17. The molecule has 0 spiro atoms. The van der Waals surface area contributed by atoms with E-state index in [-0.39, 0.29) is 0 Å². The maximum atomic E-state index is 4.64. The fourth-order valence-corrected chi connectivity index (χ4v) is 3.97. The summed E-state index contributed by atoms with van der Waals surface area (Å²) in [5.74, 6) is 2.38. The third-order valence-corrected chi connectivity index (χ3v) is 5.28. The molecule has 1 aliphatic rings. The third kappa shape index (κ3) is 2.42. The zero-order valence-corrected chi connectivity index (χ0v) is 12.8. The number of nitrogens with one attached hydrogen (secondary N) is 2. The Morgan fingerprint density at radius 1 is 1.24 bits per heavy atom. The summed E-state index contributed by atoms with van der Waals surface area (Å²) in [4.78, 5) is 4.64. The van der Waals surface area contributed by atoms with Crippen LogP contribution in [0.25, 0.3) is 10.2 Å². The molecule has 0 aromatic carbocycles. The summed E-state index contributed by atoms with van der Waals surface area (Å²) in [5, 5.41) is 13.0. The molecule has 108 valence electrons. The highest BCUT2D eigenvalue weighted by Crippen LogP contribution is 2.34. The van der Waals surface area contributed by atoms with Gasteiger partial charge in [-0.15, -0.1) is 11.3 Å². The van der Waals surface area contributed by atoms with Gasteiger partial charge in [0.05, 0.1) is 10.2 Å². The Morgan fingerprint density at radius 3 is 2.95 bits per heavy atom. The van der Waals surface area contributed by atoms with Crippen molar-refractivity contribution in [3.05, 3.63) is 34.8 Å². The van der Waals surface area contributed by atoms with Crippen LogP contribution < -0.4 is 5.32 Å². The van der Waals surface area contributed by atoms with Crippen LogP contribution in [0.3, 0.4) is 0 Å². The Bertz CT molecular complexity index is 768. The number of aryl methyl sites for hydroxylation is 1. The molecule has 1 fully saturated rings. The molecule has 3 aromatic rings. The molecule has 0 bridgehead atoms. The fraction of sp³-hybridized carbons (Fsp3) is 0.375. The van der Waals surface area contributed by atoms with Crippen molar-refractivity contribution in [3.8, 4) is 0 Å². The lowest BCUT2D eigenvalue weighted by molar-refractivity contribution is 0.693. The number of H-pyrrole nitrogens is 1. The first kappa shape index (κ1) is 12.8. The number of pyridine rings is 1. The van der Waals surface area contributed by atoms with Crippen LogP contribution in [0.1, 0.15) is 42.9 Å². The Balaban J connectivity index is 1.59. The van der Waals surface area contributed by atoms with Gasteiger partial charge < -0.3 is 5.32 Å². The van der Waals surface area contributed by atoms with Crippen LogP contribution in [-0.2, 0) is 0 Å². The summed E-state index contributed by atoms with van der Waals surface area (Å²) in [6, 6.07) is 6.28. The zero-order chi connectivity index (χ0) is 14.2. The predicted octanol–water partition coefficient (Wildman–Crippen LogP) is 4.73. The normalized spacial score (nSPS) is 15.9. The minimum Gasteiger partial charge on any atom is -0.323 e. The topological polar surface area (TPSA) is 53.6 Å². The average Bonchev–Trinajstić information content (AvgIpc) is 3.19. The molecule has 5 heteroatoms. The summed E-state index contributed by atoms with van der Waals surface area (Å²) in [6.45, 7) is 2.13. The first-order chi connectivity index (χ1) is 10.3. The molecule has 21 heavy (non-hydrogen) atoms. The Morgan fingerprint density at radius 2 is 2.10 bits per heavy atom. The second-order valence-electron chi connectivity index (χ2n) is 5.77. The number of aromatic nitrogens is 3. The average molecular weight is 298 g/mol. The van der Waals surface area contributed by atoms with Gasteiger partial charge in [-0.25, -0.2) is 4.98 Å². The number of nitrogens with zero attached hydrogens (tertiary/aromatic N) is 2. The van der Waals surface area contributed by atoms with Crippen LogP contribution in [0, 0.1) is 6.92 Å². The Hall–Kier alpha value is -1.88. The van der Waals surface area contributed by atoms with Gasteiger partial charge in [-0.2, -0.15) is 5.10 Å². The molecule has 4 rings (SSSR count). The largest absolute Gasteiger partial charge is 0.323 e. The molecule has 0 unspecified atom stereocenters. The molecular formula is C16H18N4S. The molecule has 4 nitrogen and oxygen atoms in total. The van der Waals surface area contributed by atoms with E-state index in [0.29, 0.717) is 5.92 Å². The lowest BCUT2D eigenvalue weighted by Crippen LogP contribution is -1.94. The standard InChI is InChI=1S/C16H18N4S/c1-10-8-14(17-12-6-7-21-16(10)12)18-15-9-13(19-20-15)11-4-2-3-5-11/h6-9,11H,2-5H2,1H3,(H2,17,18,19,20). The van der Waals surface area contributed by atoms with E-state index in [1.165, 1.54) is 41.6 Å². The van der Waals surface area contributed by atoms with Crippen LogP contribution in [0.5, 0.6) is 0 Å². The van der Waals surface area contributed by atoms with Gasteiger partial charge in [0.15, 0.2) is 5.82 Å². The van der Waals surface area contributed by atoms with E-state index in [0.717, 1.165) is 17.2 Å². The number of anilines is 2. The highest BCUT2D eigenvalue weighted by Gasteiger charge is 2.19. The molecule has 0 aliphatic heterocycles. The number of hydrogen-bond donors (Lipinski definition) is 2. The molecule has 1 saturated carbocycles. The van der Waals surface area contributed by atoms with Crippen molar-refractivity contribution in [1.29, 1.82) is 0 Å². The van der Waals surface area contributed by atoms with Gasteiger partial charge in [0.2, 0.25) is 0 Å². The maximum Gasteiger partial charge on any atom is 0.153 e. The van der Waals surface area contributed by atoms with Gasteiger partial charge in [0.1, 0.15) is 5.82 Å². The van der Waals surface area contributed by atoms with Gasteiger partial charge in [-0.05, 0) is 42.8 Å². The molecule has 0 amide bonds. The highest BCUT2D eigenvalue weighted by atomic mass is 32.1. The van der Waals surface area contributed by atoms with Crippen molar-refractivity contribution >= 4 is 33.2 Å². The first-order valence-electron chi connectivity index (χ1n) is 7.47. The minimum atomic E-state index is 0.655. The van der Waals surface area contributed by atoms with Gasteiger partial charge in [-0.1, -0.05) is 12.8 Å². The first-order valence-corrected chi connectivity index (χ1v) is 8.35. The summed E-state index contributed by atoms with van der Waals surface area (Å²) in [7, 11) is 0. The molecule has 2 N–H and O–H groups in total. The van der Waals surface area contributed by atoms with Gasteiger partial charge >= 0.3 is 0 Å². The number of thiophene rings is 1. The molecule has 3 aromatic heterocycles. The fourth-order valence-electron chi connectivity index (χ4n) is 3.16. The van der Waals surface area contributed by atoms with Crippen LogP contribution in [0.2, 0.25) is 0 Å². The summed E-state index contributed by atoms with van der Waals surface area (Å²) >= 11 is 1.74. The van der Waals surface area contributed by atoms with Gasteiger partial charge in [-0.3, -0.25) is 5.10 Å². The number of fused-ring (bicyclic) bond motifs is 1. The SMILES string of the molecule is Cc1cc(Nc2cc(C3CCCC3)[nH]n2)nc2ccsc12. The second kappa shape index (κ2) is 5.15. The van der Waals surface area contributed by atoms with Crippen LogP contribution in [0.4, 0.5) is 11.6 Å². The van der Waals surface area contributed by atoms with Crippen molar-refractivity contribution < 1.29 is 0 Å². The van der Waals surface area contributed by atoms with Crippen LogP contribution >= 0.6 is 11.3 Å². The predicted molar refractivity (Wildman–Crippen MR) is 87.4 cm³/mol. The molecule has 3 heterocycles. The number of rotatable bonds is 3. The van der Waals surface area contributed by atoms with Gasteiger partial charge in [0, 0.05) is 17.7 Å². The van der Waals surface area contributed by atoms with Crippen LogP contribution in [0.15, 0.2) is 23.6 Å². The Kier molecular flexibility index (Phi) is 3.15. The monoisotopic (exact) mass is 298 g/mol. The summed E-state index contributed by atoms with van der Waals surface area (Å²) < 4.78 is 1.26. The van der Waals surface area contributed by atoms with E-state index in [4.69, 9.17) is 0 Å². The van der Waals surface area contributed by atoms with E-state index in [9.17, 15) is 0 Å². The summed E-state index contributed by atoms with van der Waals surface area (Å²) in [6.07, 6.45) is 5.23. The lowest BCUT2D eigenvalue weighted by Gasteiger charge is -2.05. The van der Waals surface area contributed by atoms with Crippen molar-refractivity contribution in [2.75, 3.05) is 5.32 Å². The smallest absolute Gasteiger partial charge is 0.153 e. The van der Waals surface area contributed by atoms with E-state index in [1.54, 1.807) is 11.3 Å².